The molecule has 0 amide bonds. The fourth-order valence-corrected chi connectivity index (χ4v) is 1.82. The van der Waals surface area contributed by atoms with E-state index in [1.54, 1.807) is 0 Å². The molecule has 0 saturated carbocycles. The van der Waals surface area contributed by atoms with Gasteiger partial charge in [-0.05, 0) is 16.5 Å². The van der Waals surface area contributed by atoms with Crippen molar-refractivity contribution in [1.29, 1.82) is 0 Å². The molecule has 0 unspecified atom stereocenters. The zero-order valence-corrected chi connectivity index (χ0v) is 10.9. The van der Waals surface area contributed by atoms with Gasteiger partial charge in [0.2, 0.25) is 0 Å². The van der Waals surface area contributed by atoms with Crippen molar-refractivity contribution in [2.45, 2.75) is 32.7 Å². The second-order valence-corrected chi connectivity index (χ2v) is 5.49. The second-order valence-electron chi connectivity index (χ2n) is 5.49. The van der Waals surface area contributed by atoms with Crippen molar-refractivity contribution < 1.29 is 10.2 Å². The minimum absolute atomic E-state index is 0.0169. The molecule has 1 aliphatic heterocycles. The van der Waals surface area contributed by atoms with Crippen molar-refractivity contribution in [3.8, 4) is 0 Å². The van der Waals surface area contributed by atoms with E-state index in [1.807, 2.05) is 20.8 Å². The summed E-state index contributed by atoms with van der Waals surface area (Å²) in [7, 11) is 0. The van der Waals surface area contributed by atoms with E-state index in [0.717, 1.165) is 13.1 Å². The Hall–Kier alpha value is -0.860. The van der Waals surface area contributed by atoms with Crippen LogP contribution < -0.4 is 0 Å². The summed E-state index contributed by atoms with van der Waals surface area (Å²) in [6, 6.07) is 0.215. The van der Waals surface area contributed by atoms with Crippen molar-refractivity contribution in [3.05, 3.63) is 35.3 Å². The summed E-state index contributed by atoms with van der Waals surface area (Å²) in [6.45, 7) is 9.20. The van der Waals surface area contributed by atoms with Gasteiger partial charge in [-0.15, -0.1) is 0 Å². The minimum atomic E-state index is -0.378. The highest BCUT2D eigenvalue weighted by atomic mass is 16.5. The maximum Gasteiger partial charge on any atom is 0.0629 e. The van der Waals surface area contributed by atoms with Gasteiger partial charge in [0.15, 0.2) is 0 Å². The van der Waals surface area contributed by atoms with Gasteiger partial charge >= 0.3 is 0 Å². The van der Waals surface area contributed by atoms with Crippen molar-refractivity contribution in [3.63, 3.8) is 0 Å². The molecular weight excluding hydrogens is 210 g/mol. The molecule has 2 heteroatoms. The summed E-state index contributed by atoms with van der Waals surface area (Å²) in [4.78, 5) is 2.14. The van der Waals surface area contributed by atoms with Crippen LogP contribution in [-0.4, -0.2) is 31.2 Å². The molecule has 94 valence electrons. The molecule has 0 spiro atoms. The third-order valence-electron chi connectivity index (χ3n) is 2.91. The molecule has 0 aliphatic carbocycles. The van der Waals surface area contributed by atoms with Crippen molar-refractivity contribution >= 4 is 0 Å². The van der Waals surface area contributed by atoms with Gasteiger partial charge in [0.25, 0.3) is 0 Å². The molecule has 0 atom stereocenters. The Kier molecular flexibility index (Phi) is 2.53. The maximum atomic E-state index is 8.42. The standard InChI is InChI=1S/C15H23NO/c1-15(2,3)14-6-4-5-13(11-14)12-16-7-9-17-10-8-16/h4-6,11H,7-10,12H2,1-3H3/i4D,5D,6D,11D. The third kappa shape index (κ3) is 3.55. The van der Waals surface area contributed by atoms with Gasteiger partial charge in [0, 0.05) is 19.6 Å². The van der Waals surface area contributed by atoms with Crippen LogP contribution in [0.4, 0.5) is 0 Å². The van der Waals surface area contributed by atoms with Gasteiger partial charge in [-0.1, -0.05) is 44.9 Å². The molecule has 17 heavy (non-hydrogen) atoms. The van der Waals surface area contributed by atoms with E-state index >= 15 is 0 Å². The molecule has 2 rings (SSSR count). The molecule has 1 aromatic rings. The molecule has 1 aliphatic rings. The first kappa shape index (κ1) is 8.28. The number of nitrogens with zero attached hydrogens (tertiary/aromatic N) is 1. The van der Waals surface area contributed by atoms with E-state index in [4.69, 9.17) is 10.2 Å². The molecule has 1 fully saturated rings. The second kappa shape index (κ2) is 5.19. The van der Waals surface area contributed by atoms with Crippen molar-refractivity contribution in [2.24, 2.45) is 0 Å². The first-order chi connectivity index (χ1) is 9.73. The lowest BCUT2D eigenvalue weighted by atomic mass is 9.86. The molecule has 1 saturated heterocycles. The van der Waals surface area contributed by atoms with Gasteiger partial charge in [-0.3, -0.25) is 4.90 Å². The van der Waals surface area contributed by atoms with Crippen LogP contribution in [0.25, 0.3) is 0 Å². The van der Waals surface area contributed by atoms with Crippen LogP contribution in [0.15, 0.2) is 24.2 Å². The van der Waals surface area contributed by atoms with Gasteiger partial charge in [0.05, 0.1) is 18.7 Å². The molecule has 1 heterocycles. The average Bonchev–Trinajstić information content (AvgIpc) is 2.41. The highest BCUT2D eigenvalue weighted by Gasteiger charge is 2.15. The quantitative estimate of drug-likeness (QED) is 0.784. The SMILES string of the molecule is [2H]c1c([2H])c(CN2CCOCC2)c([2H])c(C(C)(C)C)c1[2H]. The van der Waals surface area contributed by atoms with Gasteiger partial charge in [0.1, 0.15) is 0 Å². The fraction of sp³-hybridized carbons (Fsp3) is 0.600. The van der Waals surface area contributed by atoms with Crippen LogP contribution >= 0.6 is 0 Å². The molecule has 0 N–H and O–H groups in total. The fourth-order valence-electron chi connectivity index (χ4n) is 1.82. The highest BCUT2D eigenvalue weighted by molar-refractivity contribution is 5.28. The van der Waals surface area contributed by atoms with E-state index in [-0.39, 0.29) is 29.6 Å². The van der Waals surface area contributed by atoms with Crippen molar-refractivity contribution in [1.82, 2.24) is 4.90 Å². The summed E-state index contributed by atoms with van der Waals surface area (Å²) in [5.74, 6) is 0. The third-order valence-corrected chi connectivity index (χ3v) is 2.91. The molecular formula is C15H23NO. The van der Waals surface area contributed by atoms with E-state index in [9.17, 15) is 0 Å². The monoisotopic (exact) mass is 237 g/mol. The van der Waals surface area contributed by atoms with Crippen LogP contribution in [0, 0.1) is 0 Å². The average molecular weight is 237 g/mol. The van der Waals surface area contributed by atoms with Crippen LogP contribution in [0.1, 0.15) is 37.4 Å². The Bertz CT molecular complexity index is 534. The number of rotatable bonds is 2. The molecule has 2 nitrogen and oxygen atoms in total. The Morgan fingerprint density at radius 2 is 2.00 bits per heavy atom. The Morgan fingerprint density at radius 3 is 2.65 bits per heavy atom. The number of hydrogen-bond donors (Lipinski definition) is 0. The van der Waals surface area contributed by atoms with Gasteiger partial charge in [-0.2, -0.15) is 0 Å². The Balaban J connectivity index is 2.47. The maximum absolute atomic E-state index is 8.42. The smallest absolute Gasteiger partial charge is 0.0629 e. The Morgan fingerprint density at radius 1 is 1.29 bits per heavy atom. The summed E-state index contributed by atoms with van der Waals surface area (Å²) in [5.41, 5.74) is 0.742. The predicted molar refractivity (Wildman–Crippen MR) is 71.2 cm³/mol. The topological polar surface area (TPSA) is 12.5 Å². The predicted octanol–water partition coefficient (Wildman–Crippen LogP) is 2.82. The first-order valence-corrected chi connectivity index (χ1v) is 6.13. The van der Waals surface area contributed by atoms with E-state index in [0.29, 0.717) is 30.9 Å². The summed E-state index contributed by atoms with van der Waals surface area (Å²) in [5, 5.41) is 0. The number of ether oxygens (including phenoxy) is 1. The summed E-state index contributed by atoms with van der Waals surface area (Å²) < 4.78 is 38.0. The van der Waals surface area contributed by atoms with Gasteiger partial charge < -0.3 is 4.74 Å². The van der Waals surface area contributed by atoms with Crippen LogP contribution in [0.5, 0.6) is 0 Å². The van der Waals surface area contributed by atoms with Crippen LogP contribution in [0.2, 0.25) is 0 Å². The van der Waals surface area contributed by atoms with E-state index in [1.165, 1.54) is 0 Å². The molecule has 0 bridgehead atoms. The Labute approximate surface area is 110 Å². The molecule has 0 radical (unpaired) electrons. The number of morpholine rings is 1. The minimum Gasteiger partial charge on any atom is -0.379 e. The zero-order valence-electron chi connectivity index (χ0n) is 14.9. The van der Waals surface area contributed by atoms with Crippen LogP contribution in [0.3, 0.4) is 0 Å². The van der Waals surface area contributed by atoms with Crippen LogP contribution in [-0.2, 0) is 16.7 Å². The molecule has 1 aromatic carbocycles. The highest BCUT2D eigenvalue weighted by Crippen LogP contribution is 2.23. The lowest BCUT2D eigenvalue weighted by Crippen LogP contribution is -2.35. The number of benzene rings is 1. The van der Waals surface area contributed by atoms with E-state index in [2.05, 4.69) is 4.90 Å². The van der Waals surface area contributed by atoms with E-state index < -0.39 is 0 Å². The number of hydrogen-bond acceptors (Lipinski definition) is 2. The summed E-state index contributed by atoms with van der Waals surface area (Å²) >= 11 is 0. The lowest BCUT2D eigenvalue weighted by Gasteiger charge is -2.27. The molecule has 0 aromatic heterocycles. The zero-order chi connectivity index (χ0) is 15.8. The largest absolute Gasteiger partial charge is 0.379 e. The lowest BCUT2D eigenvalue weighted by molar-refractivity contribution is 0.0342. The normalized spacial score (nSPS) is 21.6. The van der Waals surface area contributed by atoms with Crippen molar-refractivity contribution in [2.75, 3.05) is 26.3 Å². The first-order valence-electron chi connectivity index (χ1n) is 8.13. The summed E-state index contributed by atoms with van der Waals surface area (Å²) in [6.07, 6.45) is 0. The van der Waals surface area contributed by atoms with Gasteiger partial charge in [-0.25, -0.2) is 0 Å².